The third-order valence-corrected chi connectivity index (χ3v) is 3.39. The first-order valence-electron chi connectivity index (χ1n) is 4.16. The minimum atomic E-state index is 0.986. The number of rotatable bonds is 4. The summed E-state index contributed by atoms with van der Waals surface area (Å²) < 4.78 is 0. The Bertz CT molecular complexity index is 92.9. The van der Waals surface area contributed by atoms with Crippen LogP contribution in [0.25, 0.3) is 0 Å². The van der Waals surface area contributed by atoms with E-state index in [2.05, 4.69) is 18.3 Å². The summed E-state index contributed by atoms with van der Waals surface area (Å²) in [6.07, 6.45) is 9.05. The average Bonchev–Trinajstić information content (AvgIpc) is 2.41. The van der Waals surface area contributed by atoms with Crippen LogP contribution in [0.3, 0.4) is 0 Å². The van der Waals surface area contributed by atoms with Crippen LogP contribution in [0.2, 0.25) is 0 Å². The average molecular weight is 156 g/mol. The second-order valence-electron chi connectivity index (χ2n) is 2.85. The molecule has 0 heterocycles. The highest BCUT2D eigenvalue weighted by Gasteiger charge is 2.13. The van der Waals surface area contributed by atoms with Crippen molar-refractivity contribution < 1.29 is 0 Å². The van der Waals surface area contributed by atoms with Crippen LogP contribution in [0.15, 0.2) is 12.7 Å². The van der Waals surface area contributed by atoms with Gasteiger partial charge in [0.15, 0.2) is 0 Å². The molecule has 0 spiro atoms. The molecular weight excluding hydrogens is 140 g/mol. The molecule has 0 aromatic carbocycles. The Morgan fingerprint density at radius 2 is 2.10 bits per heavy atom. The lowest BCUT2D eigenvalue weighted by molar-refractivity contribution is 0.886. The molecule has 0 nitrogen and oxygen atoms in total. The van der Waals surface area contributed by atoms with E-state index in [1.54, 1.807) is 0 Å². The topological polar surface area (TPSA) is 0 Å². The van der Waals surface area contributed by atoms with Crippen LogP contribution < -0.4 is 0 Å². The van der Waals surface area contributed by atoms with Crippen molar-refractivity contribution in [2.45, 2.75) is 37.4 Å². The second-order valence-corrected chi connectivity index (χ2v) is 4.26. The molecule has 0 unspecified atom stereocenters. The molecule has 0 aliphatic heterocycles. The Kier molecular flexibility index (Phi) is 3.96. The molecule has 1 saturated carbocycles. The summed E-state index contributed by atoms with van der Waals surface area (Å²) >= 11 is 2.14. The molecule has 0 aromatic rings. The monoisotopic (exact) mass is 156 g/mol. The Labute approximate surface area is 68.1 Å². The van der Waals surface area contributed by atoms with Gasteiger partial charge in [0, 0.05) is 5.25 Å². The molecule has 0 amide bonds. The lowest BCUT2D eigenvalue weighted by Crippen LogP contribution is -1.94. The van der Waals surface area contributed by atoms with Crippen molar-refractivity contribution in [2.75, 3.05) is 5.75 Å². The fraction of sp³-hybridized carbons (Fsp3) is 0.778. The molecule has 0 bridgehead atoms. The van der Waals surface area contributed by atoms with E-state index in [9.17, 15) is 0 Å². The van der Waals surface area contributed by atoms with Gasteiger partial charge in [-0.3, -0.25) is 0 Å². The van der Waals surface area contributed by atoms with Crippen LogP contribution in [-0.2, 0) is 0 Å². The van der Waals surface area contributed by atoms with Gasteiger partial charge in [0.2, 0.25) is 0 Å². The first kappa shape index (κ1) is 8.19. The molecule has 10 heavy (non-hydrogen) atoms. The Balaban J connectivity index is 1.96. The van der Waals surface area contributed by atoms with Crippen molar-refractivity contribution in [3.63, 3.8) is 0 Å². The van der Waals surface area contributed by atoms with E-state index >= 15 is 0 Å². The maximum atomic E-state index is 3.71. The maximum absolute atomic E-state index is 3.71. The van der Waals surface area contributed by atoms with Gasteiger partial charge in [-0.25, -0.2) is 0 Å². The Hall–Kier alpha value is 0.0900. The van der Waals surface area contributed by atoms with Crippen LogP contribution in [0.4, 0.5) is 0 Å². The van der Waals surface area contributed by atoms with E-state index < -0.39 is 0 Å². The lowest BCUT2D eigenvalue weighted by Gasteiger charge is -2.05. The van der Waals surface area contributed by atoms with Gasteiger partial charge < -0.3 is 0 Å². The zero-order valence-electron chi connectivity index (χ0n) is 6.51. The minimum absolute atomic E-state index is 0.986. The van der Waals surface area contributed by atoms with Crippen LogP contribution in [0.1, 0.15) is 32.1 Å². The van der Waals surface area contributed by atoms with Gasteiger partial charge >= 0.3 is 0 Å². The largest absolute Gasteiger partial charge is 0.158 e. The summed E-state index contributed by atoms with van der Waals surface area (Å²) in [5.74, 6) is 1.29. The van der Waals surface area contributed by atoms with Gasteiger partial charge in [0.1, 0.15) is 0 Å². The van der Waals surface area contributed by atoms with E-state index in [0.29, 0.717) is 0 Å². The quantitative estimate of drug-likeness (QED) is 0.445. The van der Waals surface area contributed by atoms with Gasteiger partial charge in [0.05, 0.1) is 0 Å². The molecule has 0 saturated heterocycles. The van der Waals surface area contributed by atoms with Crippen molar-refractivity contribution in [3.05, 3.63) is 12.7 Å². The van der Waals surface area contributed by atoms with Crippen LogP contribution >= 0.6 is 11.8 Å². The van der Waals surface area contributed by atoms with Gasteiger partial charge in [-0.15, -0.1) is 6.58 Å². The minimum Gasteiger partial charge on any atom is -0.158 e. The van der Waals surface area contributed by atoms with E-state index in [0.717, 1.165) is 5.25 Å². The second kappa shape index (κ2) is 4.84. The van der Waals surface area contributed by atoms with Gasteiger partial charge in [0.25, 0.3) is 0 Å². The van der Waals surface area contributed by atoms with Crippen molar-refractivity contribution >= 4 is 11.8 Å². The predicted molar refractivity (Wildman–Crippen MR) is 49.5 cm³/mol. The maximum Gasteiger partial charge on any atom is 0.00471 e. The predicted octanol–water partition coefficient (Wildman–Crippen LogP) is 3.24. The van der Waals surface area contributed by atoms with Gasteiger partial charge in [-0.05, 0) is 25.0 Å². The molecular formula is C9H16S. The number of thioether (sulfide) groups is 1. The van der Waals surface area contributed by atoms with Crippen LogP contribution in [0.5, 0.6) is 0 Å². The molecule has 0 aromatic heterocycles. The third kappa shape index (κ3) is 2.78. The fourth-order valence-corrected chi connectivity index (χ4v) is 2.68. The summed E-state index contributed by atoms with van der Waals surface area (Å²) in [6, 6.07) is 0. The van der Waals surface area contributed by atoms with Gasteiger partial charge in [-0.2, -0.15) is 11.8 Å². The van der Waals surface area contributed by atoms with Crippen molar-refractivity contribution in [2.24, 2.45) is 0 Å². The normalized spacial score (nSPS) is 19.6. The Morgan fingerprint density at radius 1 is 1.40 bits per heavy atom. The molecule has 58 valence electrons. The van der Waals surface area contributed by atoms with E-state index in [1.165, 1.54) is 37.9 Å². The molecule has 1 aliphatic carbocycles. The molecule has 0 radical (unpaired) electrons. The first-order valence-corrected chi connectivity index (χ1v) is 5.21. The van der Waals surface area contributed by atoms with E-state index in [4.69, 9.17) is 0 Å². The lowest BCUT2D eigenvalue weighted by atomic mass is 10.4. The molecule has 1 aliphatic rings. The smallest absolute Gasteiger partial charge is 0.00471 e. The summed E-state index contributed by atoms with van der Waals surface area (Å²) in [6.45, 7) is 3.71. The van der Waals surface area contributed by atoms with Crippen LogP contribution in [-0.4, -0.2) is 11.0 Å². The van der Waals surface area contributed by atoms with E-state index in [1.807, 2.05) is 6.08 Å². The van der Waals surface area contributed by atoms with E-state index in [-0.39, 0.29) is 0 Å². The highest BCUT2D eigenvalue weighted by Crippen LogP contribution is 2.29. The molecule has 1 fully saturated rings. The van der Waals surface area contributed by atoms with Crippen molar-refractivity contribution in [1.29, 1.82) is 0 Å². The molecule has 1 heteroatoms. The summed E-state index contributed by atoms with van der Waals surface area (Å²) in [5, 5.41) is 0.986. The number of hydrogen-bond acceptors (Lipinski definition) is 1. The summed E-state index contributed by atoms with van der Waals surface area (Å²) in [7, 11) is 0. The van der Waals surface area contributed by atoms with Gasteiger partial charge in [-0.1, -0.05) is 18.9 Å². The highest BCUT2D eigenvalue weighted by molar-refractivity contribution is 7.99. The molecule has 0 atom stereocenters. The third-order valence-electron chi connectivity index (χ3n) is 1.98. The number of hydrogen-bond donors (Lipinski definition) is 0. The first-order chi connectivity index (χ1) is 4.93. The van der Waals surface area contributed by atoms with Crippen molar-refractivity contribution in [3.8, 4) is 0 Å². The highest BCUT2D eigenvalue weighted by atomic mass is 32.2. The zero-order valence-corrected chi connectivity index (χ0v) is 7.33. The number of allylic oxidation sites excluding steroid dienone is 1. The summed E-state index contributed by atoms with van der Waals surface area (Å²) in [5.41, 5.74) is 0. The summed E-state index contributed by atoms with van der Waals surface area (Å²) in [4.78, 5) is 0. The van der Waals surface area contributed by atoms with Crippen molar-refractivity contribution in [1.82, 2.24) is 0 Å². The standard InChI is InChI=1S/C9H16S/c1-2-3-8-10-9-6-4-5-7-9/h2,9H,1,3-8H2. The van der Waals surface area contributed by atoms with Crippen LogP contribution in [0, 0.1) is 0 Å². The SMILES string of the molecule is C=CCCSC1CCCC1. The molecule has 1 rings (SSSR count). The fourth-order valence-electron chi connectivity index (χ4n) is 1.37. The zero-order chi connectivity index (χ0) is 7.23. The Morgan fingerprint density at radius 3 is 2.70 bits per heavy atom. The molecule has 0 N–H and O–H groups in total.